The number of alkyl carbamates (subject to hydrolysis) is 1. The molecule has 6 atom stereocenters. The number of carbonyl (C=O) groups excluding carboxylic acids is 3. The lowest BCUT2D eigenvalue weighted by atomic mass is 10.0. The number of hydrogen-bond donors (Lipinski definition) is 6. The fraction of sp³-hybridized carbons (Fsp3) is 0.600. The molecule has 0 aromatic carbocycles. The van der Waals surface area contributed by atoms with Gasteiger partial charge in [0.25, 0.3) is 11.8 Å². The fourth-order valence-electron chi connectivity index (χ4n) is 8.24. The van der Waals surface area contributed by atoms with Gasteiger partial charge in [-0.25, -0.2) is 18.4 Å². The Balaban J connectivity index is 0.000000201. The number of aryl methyl sites for hydroxylation is 2. The molecule has 20 nitrogen and oxygen atoms in total. The zero-order chi connectivity index (χ0) is 49.5. The maximum atomic E-state index is 14.8. The minimum absolute atomic E-state index is 0.00107. The lowest BCUT2D eigenvalue weighted by Crippen LogP contribution is -2.49. The number of aromatic amines is 2. The second-order valence-electron chi connectivity index (χ2n) is 17.8. The lowest BCUT2D eigenvalue weighted by molar-refractivity contribution is -0.331. The molecule has 4 heterocycles. The number of aromatic nitrogens is 8. The Morgan fingerprint density at radius 2 is 1.22 bits per heavy atom. The van der Waals surface area contributed by atoms with Crippen molar-refractivity contribution in [1.29, 1.82) is 0 Å². The molecule has 0 aliphatic heterocycles. The van der Waals surface area contributed by atoms with Crippen molar-refractivity contribution in [3.63, 3.8) is 0 Å². The number of alkyl halides is 8. The van der Waals surface area contributed by atoms with Gasteiger partial charge in [0.1, 0.15) is 43.0 Å². The van der Waals surface area contributed by atoms with Crippen LogP contribution in [0.2, 0.25) is 0 Å². The van der Waals surface area contributed by atoms with Crippen molar-refractivity contribution < 1.29 is 73.6 Å². The summed E-state index contributed by atoms with van der Waals surface area (Å²) in [7, 11) is 2.80. The molecule has 8 rings (SSSR count). The van der Waals surface area contributed by atoms with Crippen LogP contribution in [0.4, 0.5) is 56.3 Å². The van der Waals surface area contributed by atoms with E-state index in [1.807, 2.05) is 13.8 Å². The summed E-state index contributed by atoms with van der Waals surface area (Å²) in [5, 5.41) is 38.6. The van der Waals surface area contributed by atoms with Crippen molar-refractivity contribution in [3.8, 4) is 0 Å². The normalized spacial score (nSPS) is 23.6. The second-order valence-corrected chi connectivity index (χ2v) is 17.8. The first-order chi connectivity index (χ1) is 31.8. The van der Waals surface area contributed by atoms with Crippen molar-refractivity contribution in [2.45, 2.75) is 139 Å². The molecular formula is C40H48F8N12O8. The Bertz CT molecular complexity index is 2480. The van der Waals surface area contributed by atoms with Crippen LogP contribution >= 0.6 is 0 Å². The third kappa shape index (κ3) is 12.4. The van der Waals surface area contributed by atoms with Gasteiger partial charge < -0.3 is 25.8 Å². The van der Waals surface area contributed by atoms with E-state index in [1.165, 1.54) is 43.3 Å². The van der Waals surface area contributed by atoms with Gasteiger partial charge in [-0.15, -0.1) is 26.3 Å². The van der Waals surface area contributed by atoms with E-state index in [9.17, 15) is 59.4 Å². The van der Waals surface area contributed by atoms with E-state index < -0.39 is 80.0 Å². The third-order valence-corrected chi connectivity index (χ3v) is 12.3. The smallest absolute Gasteiger partial charge is 0.465 e. The molecule has 0 spiro atoms. The Morgan fingerprint density at radius 1 is 0.750 bits per heavy atom. The highest BCUT2D eigenvalue weighted by molar-refractivity contribution is 6.03. The van der Waals surface area contributed by atoms with E-state index >= 15 is 0 Å². The van der Waals surface area contributed by atoms with Gasteiger partial charge >= 0.3 is 24.9 Å². The second kappa shape index (κ2) is 19.0. The maximum absolute atomic E-state index is 14.8. The topological polar surface area (TPSA) is 249 Å². The van der Waals surface area contributed by atoms with Crippen LogP contribution in [-0.4, -0.2) is 122 Å². The average Bonchev–Trinajstić information content (AvgIpc) is 3.66. The van der Waals surface area contributed by atoms with Crippen molar-refractivity contribution in [2.24, 2.45) is 14.1 Å². The van der Waals surface area contributed by atoms with Gasteiger partial charge in [-0.3, -0.25) is 43.5 Å². The molecule has 0 bridgehead atoms. The number of hydrogen-bond acceptors (Lipinski definition) is 11. The number of carboxylic acid groups (broad SMARTS) is 1. The minimum Gasteiger partial charge on any atom is -0.465 e. The number of rotatable bonds is 14. The Hall–Kier alpha value is -6.32. The van der Waals surface area contributed by atoms with Crippen LogP contribution in [0, 0.1) is 0 Å². The van der Waals surface area contributed by atoms with E-state index in [0.29, 0.717) is 24.2 Å². The number of H-pyrrole nitrogens is 2. The van der Waals surface area contributed by atoms with Gasteiger partial charge in [0, 0.05) is 60.5 Å². The molecule has 0 saturated heterocycles. The number of amides is 4. The Morgan fingerprint density at radius 3 is 1.66 bits per heavy atom. The summed E-state index contributed by atoms with van der Waals surface area (Å²) in [6.45, 7) is 2.03. The zero-order valence-corrected chi connectivity index (χ0v) is 36.8. The fourth-order valence-corrected chi connectivity index (χ4v) is 8.24. The summed E-state index contributed by atoms with van der Waals surface area (Å²) in [6, 6.07) is 4.65. The predicted octanol–water partition coefficient (Wildman–Crippen LogP) is 6.84. The first-order valence-corrected chi connectivity index (χ1v) is 21.3. The van der Waals surface area contributed by atoms with Crippen molar-refractivity contribution >= 4 is 35.6 Å². The van der Waals surface area contributed by atoms with E-state index in [1.54, 1.807) is 0 Å². The van der Waals surface area contributed by atoms with E-state index in [-0.39, 0.29) is 77.5 Å². The Labute approximate surface area is 380 Å². The molecule has 372 valence electrons. The number of nitrogens with one attached hydrogen (secondary N) is 5. The number of anilines is 2. The molecule has 6 N–H and O–H groups in total. The SMILES string of the molecule is Cn1nc(COC(F)(F)F)cc1C(=O)Nc1cc([C@H]2C[C@@H](F)[C@@H](OC(=O)NC3(C)CC3)C2)[nH]n1.Cn1nc(COC(F)(F)F)cc1C(=O)Nc1cc([C@H]2C[C@@H](N(C(=O)O)C3(C)CC3)[C@@H](F)C2)[nH]n1. The van der Waals surface area contributed by atoms with Gasteiger partial charge in [0.2, 0.25) is 0 Å². The number of ether oxygens (including phenoxy) is 3. The van der Waals surface area contributed by atoms with Gasteiger partial charge in [0.15, 0.2) is 11.6 Å². The number of carbonyl (C=O) groups is 4. The molecule has 28 heteroatoms. The highest BCUT2D eigenvalue weighted by Crippen LogP contribution is 2.48. The molecule has 4 aromatic heterocycles. The van der Waals surface area contributed by atoms with Crippen LogP contribution < -0.4 is 16.0 Å². The summed E-state index contributed by atoms with van der Waals surface area (Å²) in [6.07, 6.45) is -11.1. The highest BCUT2D eigenvalue weighted by atomic mass is 19.4. The quantitative estimate of drug-likeness (QED) is 0.0711. The molecule has 0 unspecified atom stereocenters. The van der Waals surface area contributed by atoms with Gasteiger partial charge in [-0.2, -0.15) is 20.4 Å². The summed E-state index contributed by atoms with van der Waals surface area (Å²) < 4.78 is 117. The van der Waals surface area contributed by atoms with Crippen molar-refractivity contribution in [3.05, 3.63) is 58.4 Å². The van der Waals surface area contributed by atoms with Crippen molar-refractivity contribution in [2.75, 3.05) is 10.6 Å². The third-order valence-electron chi connectivity index (χ3n) is 12.3. The van der Waals surface area contributed by atoms with Crippen molar-refractivity contribution in [1.82, 2.24) is 50.2 Å². The monoisotopic (exact) mass is 976 g/mol. The molecular weight excluding hydrogens is 928 g/mol. The van der Waals surface area contributed by atoms with Crippen LogP contribution in [0.1, 0.15) is 121 Å². The van der Waals surface area contributed by atoms with Crippen LogP contribution in [0.15, 0.2) is 24.3 Å². The minimum atomic E-state index is -4.82. The molecule has 68 heavy (non-hydrogen) atoms. The number of nitrogens with zero attached hydrogens (tertiary/aromatic N) is 7. The average molecular weight is 977 g/mol. The zero-order valence-electron chi connectivity index (χ0n) is 36.8. The lowest BCUT2D eigenvalue weighted by Gasteiger charge is -2.33. The largest absolute Gasteiger partial charge is 0.522 e. The van der Waals surface area contributed by atoms with Crippen LogP contribution in [-0.2, 0) is 41.5 Å². The Kier molecular flexibility index (Phi) is 13.8. The summed E-state index contributed by atoms with van der Waals surface area (Å²) in [5.74, 6) is -1.63. The van der Waals surface area contributed by atoms with E-state index in [4.69, 9.17) is 4.74 Å². The first-order valence-electron chi connectivity index (χ1n) is 21.3. The van der Waals surface area contributed by atoms with Gasteiger partial charge in [0.05, 0.1) is 17.4 Å². The molecule has 4 saturated carbocycles. The summed E-state index contributed by atoms with van der Waals surface area (Å²) in [5.41, 5.74) is 0.153. The van der Waals surface area contributed by atoms with Crippen LogP contribution in [0.5, 0.6) is 0 Å². The van der Waals surface area contributed by atoms with Gasteiger partial charge in [-0.1, -0.05) is 0 Å². The van der Waals surface area contributed by atoms with Crippen LogP contribution in [0.25, 0.3) is 0 Å². The molecule has 4 aliphatic carbocycles. The first kappa shape index (κ1) is 49.6. The molecule has 0 radical (unpaired) electrons. The molecule has 4 aromatic rings. The standard InChI is InChI=1S/2C20H24F4N6O4/c1-19(3-4-19)26-18(32)34-15-6-10(5-12(15)21)13-8-16(28-27-13)25-17(31)14-7-11(29-30(14)2)9-33-20(22,23)24;1-19(3-4-19)30(18(32)33)14-6-10(5-12(14)21)13-8-16(27-26-13)25-17(31)15-7-11(28-29(15)2)9-34-20(22,23)24/h7-8,10,12,15H,3-6,9H2,1-2H3,(H,26,32)(H2,25,27,28,31);7-8,10,12,14H,3-6,9H2,1-2H3,(H,32,33)(H2,25,26,27,31)/t10-,12+,15-;10-,12+,14-/m01/s1. The predicted molar refractivity (Wildman–Crippen MR) is 217 cm³/mol. The van der Waals surface area contributed by atoms with Gasteiger partial charge in [-0.05, 0) is 77.3 Å². The summed E-state index contributed by atoms with van der Waals surface area (Å²) in [4.78, 5) is 50.0. The maximum Gasteiger partial charge on any atom is 0.522 e. The number of halogens is 8. The molecule has 4 amide bonds. The van der Waals surface area contributed by atoms with Crippen LogP contribution in [0.3, 0.4) is 0 Å². The highest BCUT2D eigenvalue weighted by Gasteiger charge is 2.53. The molecule has 4 aliphatic rings. The summed E-state index contributed by atoms with van der Waals surface area (Å²) >= 11 is 0. The van der Waals surface area contributed by atoms with E-state index in [0.717, 1.165) is 22.2 Å². The molecule has 4 fully saturated rings. The van der Waals surface area contributed by atoms with E-state index in [2.05, 4.69) is 56.0 Å².